The van der Waals surface area contributed by atoms with E-state index in [1.54, 1.807) is 32.0 Å². The highest BCUT2D eigenvalue weighted by Crippen LogP contribution is 2.27. The molecule has 1 N–H and O–H groups in total. The van der Waals surface area contributed by atoms with Crippen LogP contribution in [0.3, 0.4) is 0 Å². The number of nitrogens with zero attached hydrogens (tertiary/aromatic N) is 1. The van der Waals surface area contributed by atoms with Gasteiger partial charge in [0, 0.05) is 12.2 Å². The first kappa shape index (κ1) is 22.0. The van der Waals surface area contributed by atoms with Crippen LogP contribution in [0.15, 0.2) is 41.3 Å². The molecule has 2 aromatic rings. The van der Waals surface area contributed by atoms with Crippen molar-refractivity contribution in [2.24, 2.45) is 0 Å². The summed E-state index contributed by atoms with van der Waals surface area (Å²) in [5, 5.41) is 2.99. The van der Waals surface area contributed by atoms with Crippen LogP contribution in [0, 0.1) is 6.92 Å². The number of amides is 1. The molecule has 0 aliphatic rings. The number of rotatable bonds is 8. The molecule has 0 aromatic heterocycles. The number of likely N-dealkylation sites (N-methyl/N-ethyl adjacent to an activating group) is 1. The van der Waals surface area contributed by atoms with Crippen LogP contribution in [-0.2, 0) is 14.8 Å². The molecule has 7 nitrogen and oxygen atoms in total. The number of benzene rings is 2. The van der Waals surface area contributed by atoms with Crippen LogP contribution >= 0.6 is 11.6 Å². The second kappa shape index (κ2) is 9.27. The fraction of sp³-hybridized carbons (Fsp3) is 0.316. The standard InChI is InChI=1S/C19H23ClN2O5S/c1-5-22(28(24,25)15-7-9-17(26-3)13(2)10-15)12-19(23)21-14-6-8-18(27-4)16(20)11-14/h6-11H,5,12H2,1-4H3,(H,21,23). The molecule has 2 aromatic carbocycles. The van der Waals surface area contributed by atoms with Gasteiger partial charge >= 0.3 is 0 Å². The average molecular weight is 427 g/mol. The molecule has 0 spiro atoms. The molecule has 0 bridgehead atoms. The van der Waals surface area contributed by atoms with Gasteiger partial charge in [-0.15, -0.1) is 0 Å². The fourth-order valence-corrected chi connectivity index (χ4v) is 4.38. The largest absolute Gasteiger partial charge is 0.496 e. The Labute approximate surface area is 170 Å². The highest BCUT2D eigenvalue weighted by Gasteiger charge is 2.26. The number of aryl methyl sites for hydroxylation is 1. The van der Waals surface area contributed by atoms with Gasteiger partial charge < -0.3 is 14.8 Å². The van der Waals surface area contributed by atoms with E-state index in [2.05, 4.69) is 5.32 Å². The molecular formula is C19H23ClN2O5S. The molecule has 0 aliphatic heterocycles. The van der Waals surface area contributed by atoms with Gasteiger partial charge in [0.2, 0.25) is 15.9 Å². The molecule has 0 radical (unpaired) electrons. The summed E-state index contributed by atoms with van der Waals surface area (Å²) in [5.41, 5.74) is 1.14. The molecule has 9 heteroatoms. The lowest BCUT2D eigenvalue weighted by molar-refractivity contribution is -0.116. The molecule has 2 rings (SSSR count). The van der Waals surface area contributed by atoms with Gasteiger partial charge in [0.15, 0.2) is 0 Å². The van der Waals surface area contributed by atoms with Crippen molar-refractivity contribution in [3.05, 3.63) is 47.0 Å². The molecule has 28 heavy (non-hydrogen) atoms. The van der Waals surface area contributed by atoms with Gasteiger partial charge in [0.25, 0.3) is 0 Å². The number of carbonyl (C=O) groups excluding carboxylic acids is 1. The van der Waals surface area contributed by atoms with Gasteiger partial charge in [-0.2, -0.15) is 4.31 Å². The van der Waals surface area contributed by atoms with Crippen molar-refractivity contribution in [1.29, 1.82) is 0 Å². The number of ether oxygens (including phenoxy) is 2. The number of hydrogen-bond acceptors (Lipinski definition) is 5. The maximum Gasteiger partial charge on any atom is 0.243 e. The van der Waals surface area contributed by atoms with Crippen molar-refractivity contribution >= 4 is 33.2 Å². The van der Waals surface area contributed by atoms with Gasteiger partial charge in [-0.25, -0.2) is 8.42 Å². The lowest BCUT2D eigenvalue weighted by Gasteiger charge is -2.20. The van der Waals surface area contributed by atoms with Crippen LogP contribution in [0.1, 0.15) is 12.5 Å². The van der Waals surface area contributed by atoms with Crippen molar-refractivity contribution in [2.75, 3.05) is 32.6 Å². The van der Waals surface area contributed by atoms with Crippen LogP contribution < -0.4 is 14.8 Å². The molecular weight excluding hydrogens is 404 g/mol. The molecule has 0 saturated carbocycles. The summed E-state index contributed by atoms with van der Waals surface area (Å²) in [7, 11) is -0.825. The zero-order chi connectivity index (χ0) is 20.9. The molecule has 152 valence electrons. The third-order valence-electron chi connectivity index (χ3n) is 4.11. The second-order valence-corrected chi connectivity index (χ2v) is 8.31. The molecule has 0 heterocycles. The highest BCUT2D eigenvalue weighted by molar-refractivity contribution is 7.89. The van der Waals surface area contributed by atoms with Gasteiger partial charge in [-0.3, -0.25) is 4.79 Å². The molecule has 0 fully saturated rings. The van der Waals surface area contributed by atoms with E-state index in [1.165, 1.54) is 32.4 Å². The third kappa shape index (κ3) is 4.95. The molecule has 0 unspecified atom stereocenters. The average Bonchev–Trinajstić information content (AvgIpc) is 2.66. The third-order valence-corrected chi connectivity index (χ3v) is 6.32. The number of hydrogen-bond donors (Lipinski definition) is 1. The fourth-order valence-electron chi connectivity index (χ4n) is 2.63. The maximum atomic E-state index is 12.9. The van der Waals surface area contributed by atoms with E-state index in [0.717, 1.165) is 4.31 Å². The van der Waals surface area contributed by atoms with E-state index in [4.69, 9.17) is 21.1 Å². The molecule has 0 aliphatic carbocycles. The first-order chi connectivity index (χ1) is 13.2. The van der Waals surface area contributed by atoms with Crippen LogP contribution in [0.2, 0.25) is 5.02 Å². The van der Waals surface area contributed by atoms with Crippen molar-refractivity contribution in [2.45, 2.75) is 18.7 Å². The highest BCUT2D eigenvalue weighted by atomic mass is 35.5. The van der Waals surface area contributed by atoms with Crippen LogP contribution in [0.4, 0.5) is 5.69 Å². The van der Waals surface area contributed by atoms with Crippen molar-refractivity contribution in [3.63, 3.8) is 0 Å². The predicted molar refractivity (Wildman–Crippen MR) is 109 cm³/mol. The van der Waals surface area contributed by atoms with E-state index in [0.29, 0.717) is 27.8 Å². The van der Waals surface area contributed by atoms with E-state index in [1.807, 2.05) is 0 Å². The van der Waals surface area contributed by atoms with Crippen LogP contribution in [-0.4, -0.2) is 45.9 Å². The van der Waals surface area contributed by atoms with E-state index in [9.17, 15) is 13.2 Å². The monoisotopic (exact) mass is 426 g/mol. The zero-order valence-electron chi connectivity index (χ0n) is 16.2. The summed E-state index contributed by atoms with van der Waals surface area (Å²) in [6.45, 7) is 3.25. The Morgan fingerprint density at radius 3 is 2.29 bits per heavy atom. The summed E-state index contributed by atoms with van der Waals surface area (Å²) in [5.74, 6) is 0.598. The minimum atomic E-state index is -3.83. The first-order valence-electron chi connectivity index (χ1n) is 8.51. The Balaban J connectivity index is 2.17. The summed E-state index contributed by atoms with van der Waals surface area (Å²) in [6, 6.07) is 9.36. The number of anilines is 1. The van der Waals surface area contributed by atoms with Crippen LogP contribution in [0.25, 0.3) is 0 Å². The topological polar surface area (TPSA) is 84.9 Å². The Kier molecular flexibility index (Phi) is 7.29. The minimum absolute atomic E-state index is 0.105. The summed E-state index contributed by atoms with van der Waals surface area (Å²) in [4.78, 5) is 12.5. The second-order valence-electron chi connectivity index (χ2n) is 5.96. The zero-order valence-corrected chi connectivity index (χ0v) is 17.7. The Hall–Kier alpha value is -2.29. The number of halogens is 1. The minimum Gasteiger partial charge on any atom is -0.496 e. The smallest absolute Gasteiger partial charge is 0.243 e. The van der Waals surface area contributed by atoms with E-state index < -0.39 is 15.9 Å². The number of nitrogens with one attached hydrogen (secondary N) is 1. The van der Waals surface area contributed by atoms with Crippen molar-refractivity contribution in [3.8, 4) is 11.5 Å². The summed E-state index contributed by atoms with van der Waals surface area (Å²) >= 11 is 6.05. The molecule has 0 atom stereocenters. The SMILES string of the molecule is CCN(CC(=O)Nc1ccc(OC)c(Cl)c1)S(=O)(=O)c1ccc(OC)c(C)c1. The molecule has 0 saturated heterocycles. The summed E-state index contributed by atoms with van der Waals surface area (Å²) < 4.78 is 37.2. The number of methoxy groups -OCH3 is 2. The van der Waals surface area contributed by atoms with Crippen molar-refractivity contribution in [1.82, 2.24) is 4.31 Å². The molecule has 1 amide bonds. The van der Waals surface area contributed by atoms with E-state index >= 15 is 0 Å². The Bertz CT molecular complexity index is 963. The lowest BCUT2D eigenvalue weighted by Crippen LogP contribution is -2.37. The number of carbonyl (C=O) groups is 1. The quantitative estimate of drug-likeness (QED) is 0.699. The van der Waals surface area contributed by atoms with Gasteiger partial charge in [-0.1, -0.05) is 18.5 Å². The normalized spacial score (nSPS) is 11.4. The lowest BCUT2D eigenvalue weighted by atomic mass is 10.2. The number of sulfonamides is 1. The van der Waals surface area contributed by atoms with Gasteiger partial charge in [-0.05, 0) is 48.9 Å². The first-order valence-corrected chi connectivity index (χ1v) is 10.3. The van der Waals surface area contributed by atoms with Gasteiger partial charge in [0.1, 0.15) is 11.5 Å². The van der Waals surface area contributed by atoms with Crippen LogP contribution in [0.5, 0.6) is 11.5 Å². The Morgan fingerprint density at radius 2 is 1.75 bits per heavy atom. The maximum absolute atomic E-state index is 12.9. The predicted octanol–water partition coefficient (Wildman–Crippen LogP) is 3.31. The Morgan fingerprint density at radius 1 is 1.11 bits per heavy atom. The summed E-state index contributed by atoms with van der Waals surface area (Å²) in [6.07, 6.45) is 0. The van der Waals surface area contributed by atoms with Crippen molar-refractivity contribution < 1.29 is 22.7 Å². The van der Waals surface area contributed by atoms with E-state index in [-0.39, 0.29) is 18.0 Å². The van der Waals surface area contributed by atoms with Gasteiger partial charge in [0.05, 0.1) is 30.7 Å².